The molecule has 8 heteroatoms. The van der Waals surface area contributed by atoms with Crippen molar-refractivity contribution in [2.45, 2.75) is 32.0 Å². The molecule has 8 nitrogen and oxygen atoms in total. The van der Waals surface area contributed by atoms with Gasteiger partial charge in [-0.1, -0.05) is 0 Å². The van der Waals surface area contributed by atoms with Crippen LogP contribution in [0.4, 0.5) is 0 Å². The molecule has 0 saturated carbocycles. The summed E-state index contributed by atoms with van der Waals surface area (Å²) < 4.78 is 7.86. The zero-order valence-electron chi connectivity index (χ0n) is 13.3. The summed E-state index contributed by atoms with van der Waals surface area (Å²) in [5, 5.41) is 13.6. The average Bonchev–Trinajstić information content (AvgIpc) is 3.33. The molecule has 2 atom stereocenters. The van der Waals surface area contributed by atoms with Gasteiger partial charge in [-0.15, -0.1) is 0 Å². The first-order valence-corrected chi connectivity index (χ1v) is 8.00. The summed E-state index contributed by atoms with van der Waals surface area (Å²) in [5.41, 5.74) is 1.96. The van der Waals surface area contributed by atoms with Crippen molar-refractivity contribution < 1.29 is 9.53 Å². The van der Waals surface area contributed by atoms with E-state index < -0.39 is 0 Å². The summed E-state index contributed by atoms with van der Waals surface area (Å²) >= 11 is 0. The first-order valence-electron chi connectivity index (χ1n) is 8.00. The van der Waals surface area contributed by atoms with Gasteiger partial charge in [-0.05, 0) is 31.5 Å². The van der Waals surface area contributed by atoms with E-state index in [4.69, 9.17) is 4.74 Å². The molecule has 24 heavy (non-hydrogen) atoms. The standard InChI is InChI=1S/C16H18N6O2/c1-2-22-7-6-17-15(22)14-12(5-8-24-14)18-16(23)10-3-4-11-13(9-10)20-21-19-11/h3-4,6-7,9,12,14H,2,5,8H2,1H3,(H,18,23)(H,19,20,21)/t12-,14-/m1/s1. The van der Waals surface area contributed by atoms with E-state index in [0.29, 0.717) is 17.7 Å². The van der Waals surface area contributed by atoms with Crippen molar-refractivity contribution in [3.8, 4) is 0 Å². The molecule has 2 N–H and O–H groups in total. The monoisotopic (exact) mass is 326 g/mol. The molecule has 0 aliphatic carbocycles. The van der Waals surface area contributed by atoms with E-state index in [1.807, 2.05) is 10.8 Å². The maximum absolute atomic E-state index is 12.6. The molecule has 1 aliphatic rings. The highest BCUT2D eigenvalue weighted by Crippen LogP contribution is 2.28. The molecule has 1 aromatic carbocycles. The van der Waals surface area contributed by atoms with Crippen LogP contribution in [0.5, 0.6) is 0 Å². The highest BCUT2D eigenvalue weighted by atomic mass is 16.5. The topological polar surface area (TPSA) is 97.7 Å². The molecule has 1 aliphatic heterocycles. The summed E-state index contributed by atoms with van der Waals surface area (Å²) in [4.78, 5) is 17.0. The van der Waals surface area contributed by atoms with Crippen LogP contribution in [-0.2, 0) is 11.3 Å². The third-order valence-electron chi connectivity index (χ3n) is 4.33. The zero-order chi connectivity index (χ0) is 16.5. The third kappa shape index (κ3) is 2.54. The van der Waals surface area contributed by atoms with E-state index in [-0.39, 0.29) is 18.1 Å². The molecular weight excluding hydrogens is 308 g/mol. The highest BCUT2D eigenvalue weighted by Gasteiger charge is 2.34. The van der Waals surface area contributed by atoms with Gasteiger partial charge < -0.3 is 14.6 Å². The minimum absolute atomic E-state index is 0.0989. The maximum atomic E-state index is 12.6. The van der Waals surface area contributed by atoms with Gasteiger partial charge in [0.15, 0.2) is 0 Å². The number of fused-ring (bicyclic) bond motifs is 1. The number of carbonyl (C=O) groups excluding carboxylic acids is 1. The fourth-order valence-electron chi connectivity index (χ4n) is 3.07. The number of ether oxygens (including phenoxy) is 1. The van der Waals surface area contributed by atoms with Crippen LogP contribution in [0.3, 0.4) is 0 Å². The van der Waals surface area contributed by atoms with Crippen LogP contribution in [0, 0.1) is 0 Å². The quantitative estimate of drug-likeness (QED) is 0.756. The van der Waals surface area contributed by atoms with Crippen molar-refractivity contribution >= 4 is 16.9 Å². The Morgan fingerprint density at radius 3 is 3.17 bits per heavy atom. The molecule has 4 rings (SSSR count). The lowest BCUT2D eigenvalue weighted by molar-refractivity contribution is 0.0775. The van der Waals surface area contributed by atoms with Gasteiger partial charge in [-0.3, -0.25) is 4.79 Å². The second-order valence-corrected chi connectivity index (χ2v) is 5.76. The summed E-state index contributed by atoms with van der Waals surface area (Å²) in [6.45, 7) is 3.48. The lowest BCUT2D eigenvalue weighted by Gasteiger charge is -2.20. The van der Waals surface area contributed by atoms with Gasteiger partial charge in [0.25, 0.3) is 5.91 Å². The van der Waals surface area contributed by atoms with Gasteiger partial charge >= 0.3 is 0 Å². The number of carbonyl (C=O) groups is 1. The van der Waals surface area contributed by atoms with Gasteiger partial charge in [0, 0.05) is 31.1 Å². The van der Waals surface area contributed by atoms with Gasteiger partial charge in [-0.2, -0.15) is 15.4 Å². The SMILES string of the molecule is CCn1ccnc1[C@@H]1OCC[C@H]1NC(=O)c1ccc2n[nH]nc2c1. The number of amides is 1. The summed E-state index contributed by atoms with van der Waals surface area (Å²) in [5.74, 6) is 0.710. The van der Waals surface area contributed by atoms with E-state index >= 15 is 0 Å². The van der Waals surface area contributed by atoms with Crippen LogP contribution in [0.15, 0.2) is 30.6 Å². The van der Waals surface area contributed by atoms with Crippen molar-refractivity contribution in [3.63, 3.8) is 0 Å². The highest BCUT2D eigenvalue weighted by molar-refractivity contribution is 5.97. The number of aryl methyl sites for hydroxylation is 1. The third-order valence-corrected chi connectivity index (χ3v) is 4.33. The number of aromatic amines is 1. The van der Waals surface area contributed by atoms with E-state index in [1.54, 1.807) is 24.4 Å². The molecular formula is C16H18N6O2. The summed E-state index contributed by atoms with van der Waals surface area (Å²) in [6, 6.07) is 5.16. The molecule has 3 aromatic rings. The van der Waals surface area contributed by atoms with Crippen molar-refractivity contribution in [3.05, 3.63) is 42.0 Å². The van der Waals surface area contributed by atoms with Gasteiger partial charge in [0.2, 0.25) is 0 Å². The smallest absolute Gasteiger partial charge is 0.251 e. The Labute approximate surface area is 138 Å². The van der Waals surface area contributed by atoms with E-state index in [2.05, 4.69) is 32.6 Å². The lowest BCUT2D eigenvalue weighted by atomic mass is 10.1. The molecule has 0 radical (unpaired) electrons. The Hall–Kier alpha value is -2.74. The predicted molar refractivity (Wildman–Crippen MR) is 86.4 cm³/mol. The number of aromatic nitrogens is 5. The minimum atomic E-state index is -0.223. The lowest BCUT2D eigenvalue weighted by Crippen LogP contribution is -2.37. The largest absolute Gasteiger partial charge is 0.368 e. The Balaban J connectivity index is 1.54. The van der Waals surface area contributed by atoms with Crippen molar-refractivity contribution in [2.24, 2.45) is 0 Å². The van der Waals surface area contributed by atoms with Gasteiger partial charge in [-0.25, -0.2) is 4.98 Å². The number of nitrogens with one attached hydrogen (secondary N) is 2. The molecule has 2 aromatic heterocycles. The summed E-state index contributed by atoms with van der Waals surface area (Å²) in [7, 11) is 0. The van der Waals surface area contributed by atoms with Crippen molar-refractivity contribution in [1.82, 2.24) is 30.3 Å². The molecule has 1 fully saturated rings. The van der Waals surface area contributed by atoms with E-state index in [0.717, 1.165) is 24.3 Å². The number of hydrogen-bond acceptors (Lipinski definition) is 5. The molecule has 0 spiro atoms. The fourth-order valence-corrected chi connectivity index (χ4v) is 3.07. The van der Waals surface area contributed by atoms with Crippen LogP contribution in [0.25, 0.3) is 11.0 Å². The van der Waals surface area contributed by atoms with Gasteiger partial charge in [0.05, 0.1) is 6.04 Å². The number of nitrogens with zero attached hydrogens (tertiary/aromatic N) is 4. The Kier molecular flexibility index (Phi) is 3.73. The molecule has 3 heterocycles. The first kappa shape index (κ1) is 14.8. The average molecular weight is 326 g/mol. The van der Waals surface area contributed by atoms with Crippen LogP contribution in [0.2, 0.25) is 0 Å². The summed E-state index contributed by atoms with van der Waals surface area (Å²) in [6.07, 6.45) is 4.23. The molecule has 1 amide bonds. The first-order chi connectivity index (χ1) is 11.8. The molecule has 0 unspecified atom stereocenters. The van der Waals surface area contributed by atoms with Crippen LogP contribution in [-0.4, -0.2) is 43.5 Å². The maximum Gasteiger partial charge on any atom is 0.251 e. The Morgan fingerprint density at radius 1 is 1.42 bits per heavy atom. The zero-order valence-corrected chi connectivity index (χ0v) is 13.3. The number of H-pyrrole nitrogens is 1. The molecule has 124 valence electrons. The normalized spacial score (nSPS) is 20.5. The van der Waals surface area contributed by atoms with Crippen LogP contribution in [0.1, 0.15) is 35.6 Å². The number of hydrogen-bond donors (Lipinski definition) is 2. The fraction of sp³-hybridized carbons (Fsp3) is 0.375. The van der Waals surface area contributed by atoms with Crippen LogP contribution < -0.4 is 5.32 Å². The predicted octanol–water partition coefficient (Wildman–Crippen LogP) is 1.43. The number of rotatable bonds is 4. The van der Waals surface area contributed by atoms with Crippen molar-refractivity contribution in [2.75, 3.05) is 6.61 Å². The number of benzene rings is 1. The van der Waals surface area contributed by atoms with E-state index in [9.17, 15) is 4.79 Å². The van der Waals surface area contributed by atoms with Crippen LogP contribution >= 0.6 is 0 Å². The van der Waals surface area contributed by atoms with Crippen molar-refractivity contribution in [1.29, 1.82) is 0 Å². The van der Waals surface area contributed by atoms with Gasteiger partial charge in [0.1, 0.15) is 23.0 Å². The Bertz CT molecular complexity index is 870. The Morgan fingerprint density at radius 2 is 2.29 bits per heavy atom. The number of imidazole rings is 1. The second-order valence-electron chi connectivity index (χ2n) is 5.76. The molecule has 0 bridgehead atoms. The minimum Gasteiger partial charge on any atom is -0.368 e. The molecule has 1 saturated heterocycles. The second kappa shape index (κ2) is 6.04. The van der Waals surface area contributed by atoms with E-state index in [1.165, 1.54) is 0 Å².